The molecule has 2 aromatic rings. The SMILES string of the molecule is COC(=O)[C@@H](COc1ccc(C#N)cc1)Cc1ccccc1. The van der Waals surface area contributed by atoms with E-state index in [2.05, 4.69) is 0 Å². The van der Waals surface area contributed by atoms with Crippen LogP contribution in [0.5, 0.6) is 5.75 Å². The topological polar surface area (TPSA) is 59.3 Å². The first-order chi connectivity index (χ1) is 10.7. The molecule has 2 rings (SSSR count). The second-order valence-corrected chi connectivity index (χ2v) is 4.86. The number of benzene rings is 2. The van der Waals surface area contributed by atoms with E-state index < -0.39 is 0 Å². The Kier molecular flexibility index (Phi) is 5.56. The van der Waals surface area contributed by atoms with Crippen LogP contribution in [0, 0.1) is 17.2 Å². The first-order valence-corrected chi connectivity index (χ1v) is 6.97. The zero-order chi connectivity index (χ0) is 15.8. The molecular formula is C18H17NO3. The standard InChI is InChI=1S/C18H17NO3/c1-21-18(20)16(11-14-5-3-2-4-6-14)13-22-17-9-7-15(12-19)8-10-17/h2-10,16H,11,13H2,1H3/t16-/m1/s1. The average Bonchev–Trinajstić information content (AvgIpc) is 2.59. The summed E-state index contributed by atoms with van der Waals surface area (Å²) in [5, 5.41) is 8.76. The third-order valence-electron chi connectivity index (χ3n) is 3.29. The maximum absolute atomic E-state index is 11.9. The van der Waals surface area contributed by atoms with Crippen LogP contribution in [-0.4, -0.2) is 19.7 Å². The van der Waals surface area contributed by atoms with E-state index >= 15 is 0 Å². The number of rotatable bonds is 6. The molecule has 2 aromatic carbocycles. The molecule has 1 atom stereocenters. The van der Waals surface area contributed by atoms with Crippen molar-refractivity contribution >= 4 is 5.97 Å². The number of hydrogen-bond acceptors (Lipinski definition) is 4. The van der Waals surface area contributed by atoms with Crippen LogP contribution in [-0.2, 0) is 16.0 Å². The molecule has 4 heteroatoms. The number of methoxy groups -OCH3 is 1. The molecule has 0 saturated heterocycles. The van der Waals surface area contributed by atoms with Gasteiger partial charge in [0.15, 0.2) is 0 Å². The van der Waals surface area contributed by atoms with Gasteiger partial charge in [-0.15, -0.1) is 0 Å². The van der Waals surface area contributed by atoms with Gasteiger partial charge in [-0.3, -0.25) is 4.79 Å². The highest BCUT2D eigenvalue weighted by molar-refractivity contribution is 5.72. The number of nitriles is 1. The number of hydrogen-bond donors (Lipinski definition) is 0. The summed E-state index contributed by atoms with van der Waals surface area (Å²) in [5.74, 6) is -0.0403. The highest BCUT2D eigenvalue weighted by atomic mass is 16.5. The molecule has 4 nitrogen and oxygen atoms in total. The molecule has 22 heavy (non-hydrogen) atoms. The van der Waals surface area contributed by atoms with Gasteiger partial charge in [0.05, 0.1) is 24.7 Å². The van der Waals surface area contributed by atoms with Crippen molar-refractivity contribution in [1.29, 1.82) is 5.26 Å². The van der Waals surface area contributed by atoms with Crippen LogP contribution in [0.4, 0.5) is 0 Å². The molecule has 0 spiro atoms. The van der Waals surface area contributed by atoms with E-state index in [4.69, 9.17) is 14.7 Å². The predicted octanol–water partition coefficient (Wildman–Crippen LogP) is 2.97. The largest absolute Gasteiger partial charge is 0.493 e. The maximum atomic E-state index is 11.9. The minimum absolute atomic E-state index is 0.230. The average molecular weight is 295 g/mol. The summed E-state index contributed by atoms with van der Waals surface area (Å²) in [6.07, 6.45) is 0.559. The van der Waals surface area contributed by atoms with Crippen LogP contribution < -0.4 is 4.74 Å². The first-order valence-electron chi connectivity index (χ1n) is 6.97. The van der Waals surface area contributed by atoms with E-state index in [-0.39, 0.29) is 18.5 Å². The molecule has 0 aliphatic carbocycles. The van der Waals surface area contributed by atoms with E-state index in [0.717, 1.165) is 5.56 Å². The van der Waals surface area contributed by atoms with Crippen molar-refractivity contribution in [2.75, 3.05) is 13.7 Å². The molecule has 0 aliphatic heterocycles. The van der Waals surface area contributed by atoms with Crippen LogP contribution in [0.1, 0.15) is 11.1 Å². The summed E-state index contributed by atoms with van der Waals surface area (Å²) in [4.78, 5) is 11.9. The van der Waals surface area contributed by atoms with Crippen molar-refractivity contribution < 1.29 is 14.3 Å². The van der Waals surface area contributed by atoms with Gasteiger partial charge in [0.2, 0.25) is 0 Å². The fraction of sp³-hybridized carbons (Fsp3) is 0.222. The summed E-state index contributed by atoms with van der Waals surface area (Å²) in [6.45, 7) is 0.230. The number of ether oxygens (including phenoxy) is 2. The summed E-state index contributed by atoms with van der Waals surface area (Å²) in [6, 6.07) is 18.6. The van der Waals surface area contributed by atoms with Gasteiger partial charge in [0.25, 0.3) is 0 Å². The lowest BCUT2D eigenvalue weighted by molar-refractivity contribution is -0.146. The Labute approximate surface area is 129 Å². The fourth-order valence-corrected chi connectivity index (χ4v) is 2.10. The summed E-state index contributed by atoms with van der Waals surface area (Å²) in [5.41, 5.74) is 1.63. The predicted molar refractivity (Wildman–Crippen MR) is 82.3 cm³/mol. The number of esters is 1. The summed E-state index contributed by atoms with van der Waals surface area (Å²) < 4.78 is 10.5. The summed E-state index contributed by atoms with van der Waals surface area (Å²) in [7, 11) is 1.38. The number of carbonyl (C=O) groups is 1. The van der Waals surface area contributed by atoms with Crippen LogP contribution in [0.15, 0.2) is 54.6 Å². The minimum Gasteiger partial charge on any atom is -0.493 e. The highest BCUT2D eigenvalue weighted by Gasteiger charge is 2.20. The van der Waals surface area contributed by atoms with Gasteiger partial charge in [-0.1, -0.05) is 30.3 Å². The van der Waals surface area contributed by atoms with Gasteiger partial charge in [-0.2, -0.15) is 5.26 Å². The molecule has 0 saturated carbocycles. The van der Waals surface area contributed by atoms with E-state index in [1.54, 1.807) is 24.3 Å². The summed E-state index contributed by atoms with van der Waals surface area (Å²) >= 11 is 0. The fourth-order valence-electron chi connectivity index (χ4n) is 2.10. The molecule has 0 radical (unpaired) electrons. The number of nitrogens with zero attached hydrogens (tertiary/aromatic N) is 1. The van der Waals surface area contributed by atoms with E-state index in [1.165, 1.54) is 7.11 Å². The van der Waals surface area contributed by atoms with Gasteiger partial charge < -0.3 is 9.47 Å². The molecule has 112 valence electrons. The van der Waals surface area contributed by atoms with Crippen molar-refractivity contribution in [3.63, 3.8) is 0 Å². The van der Waals surface area contributed by atoms with Gasteiger partial charge in [0.1, 0.15) is 12.4 Å². The molecule has 0 heterocycles. The van der Waals surface area contributed by atoms with Crippen molar-refractivity contribution in [1.82, 2.24) is 0 Å². The lowest BCUT2D eigenvalue weighted by atomic mass is 10.0. The third kappa shape index (κ3) is 4.35. The minimum atomic E-state index is -0.372. The van der Waals surface area contributed by atoms with Crippen molar-refractivity contribution in [2.24, 2.45) is 5.92 Å². The molecule has 0 aromatic heterocycles. The zero-order valence-electron chi connectivity index (χ0n) is 12.4. The van der Waals surface area contributed by atoms with Gasteiger partial charge in [-0.25, -0.2) is 0 Å². The second kappa shape index (κ2) is 7.84. The van der Waals surface area contributed by atoms with Crippen LogP contribution in [0.25, 0.3) is 0 Å². The molecule has 0 bridgehead atoms. The lowest BCUT2D eigenvalue weighted by Gasteiger charge is -2.15. The highest BCUT2D eigenvalue weighted by Crippen LogP contribution is 2.16. The molecule has 0 aliphatic rings. The van der Waals surface area contributed by atoms with E-state index in [0.29, 0.717) is 17.7 Å². The molecule has 0 unspecified atom stereocenters. The van der Waals surface area contributed by atoms with Gasteiger partial charge in [-0.05, 0) is 36.2 Å². The van der Waals surface area contributed by atoms with E-state index in [1.807, 2.05) is 36.4 Å². The van der Waals surface area contributed by atoms with Crippen LogP contribution in [0.3, 0.4) is 0 Å². The molecule has 0 fully saturated rings. The van der Waals surface area contributed by atoms with Crippen LogP contribution >= 0.6 is 0 Å². The van der Waals surface area contributed by atoms with Gasteiger partial charge in [0, 0.05) is 0 Å². The zero-order valence-corrected chi connectivity index (χ0v) is 12.4. The smallest absolute Gasteiger partial charge is 0.312 e. The monoisotopic (exact) mass is 295 g/mol. The molecule has 0 N–H and O–H groups in total. The van der Waals surface area contributed by atoms with Crippen molar-refractivity contribution in [3.8, 4) is 11.8 Å². The Morgan fingerprint density at radius 3 is 2.41 bits per heavy atom. The Morgan fingerprint density at radius 2 is 1.82 bits per heavy atom. The Morgan fingerprint density at radius 1 is 1.14 bits per heavy atom. The normalized spacial score (nSPS) is 11.3. The van der Waals surface area contributed by atoms with Crippen molar-refractivity contribution in [2.45, 2.75) is 6.42 Å². The molecular weight excluding hydrogens is 278 g/mol. The van der Waals surface area contributed by atoms with Crippen LogP contribution in [0.2, 0.25) is 0 Å². The Bertz CT molecular complexity index is 644. The molecule has 0 amide bonds. The third-order valence-corrected chi connectivity index (χ3v) is 3.29. The Hall–Kier alpha value is -2.80. The number of carbonyl (C=O) groups excluding carboxylic acids is 1. The van der Waals surface area contributed by atoms with Gasteiger partial charge >= 0.3 is 5.97 Å². The lowest BCUT2D eigenvalue weighted by Crippen LogP contribution is -2.25. The maximum Gasteiger partial charge on any atom is 0.312 e. The quantitative estimate of drug-likeness (QED) is 0.769. The van der Waals surface area contributed by atoms with E-state index in [9.17, 15) is 4.79 Å². The second-order valence-electron chi connectivity index (χ2n) is 4.86. The first kappa shape index (κ1) is 15.6. The van der Waals surface area contributed by atoms with Crippen molar-refractivity contribution in [3.05, 3.63) is 65.7 Å². The Balaban J connectivity index is 2.00.